The molecule has 26 heavy (non-hydrogen) atoms. The fourth-order valence-electron chi connectivity index (χ4n) is 3.11. The molecule has 7 nitrogen and oxygen atoms in total. The number of hydrogen-bond donors (Lipinski definition) is 2. The smallest absolute Gasteiger partial charge is 0.274 e. The molecule has 3 rings (SSSR count). The number of H-pyrrole nitrogens is 1. The van der Waals surface area contributed by atoms with Crippen molar-refractivity contribution in [1.82, 2.24) is 25.3 Å². The Morgan fingerprint density at radius 3 is 2.54 bits per heavy atom. The Balaban J connectivity index is 1.74. The minimum absolute atomic E-state index is 0.0318. The number of hydrogen-bond acceptors (Lipinski definition) is 4. The number of benzene rings is 1. The van der Waals surface area contributed by atoms with E-state index >= 15 is 0 Å². The van der Waals surface area contributed by atoms with Crippen molar-refractivity contribution in [3.63, 3.8) is 0 Å². The van der Waals surface area contributed by atoms with E-state index in [1.165, 1.54) is 0 Å². The lowest BCUT2D eigenvalue weighted by Crippen LogP contribution is -2.32. The molecule has 0 aliphatic carbocycles. The number of aromatic amines is 1. The summed E-state index contributed by atoms with van der Waals surface area (Å²) < 4.78 is 0. The van der Waals surface area contributed by atoms with Crippen LogP contribution >= 0.6 is 0 Å². The minimum Gasteiger partial charge on any atom is -0.345 e. The van der Waals surface area contributed by atoms with Crippen molar-refractivity contribution in [2.24, 2.45) is 0 Å². The summed E-state index contributed by atoms with van der Waals surface area (Å²) in [5, 5.41) is 10.5. The van der Waals surface area contributed by atoms with Crippen molar-refractivity contribution in [3.8, 4) is 0 Å². The van der Waals surface area contributed by atoms with Gasteiger partial charge < -0.3 is 15.1 Å². The molecule has 0 fully saturated rings. The van der Waals surface area contributed by atoms with Gasteiger partial charge in [0.15, 0.2) is 5.69 Å². The first-order valence-electron chi connectivity index (χ1n) is 8.88. The molecular formula is C19H25N5O2. The molecule has 0 unspecified atom stereocenters. The molecule has 1 aliphatic heterocycles. The standard InChI is InChI=1S/C19H25N5O2/c1-4-24(12-13-5-7-14(8-6-13)18(25)23(2)3)19(26)17-15-11-20-10-9-16(15)21-22-17/h5-8,20H,4,9-12H2,1-3H3,(H,21,22). The zero-order valence-corrected chi connectivity index (χ0v) is 15.5. The van der Waals surface area contributed by atoms with Gasteiger partial charge in [0.25, 0.3) is 11.8 Å². The third-order valence-corrected chi connectivity index (χ3v) is 4.66. The van der Waals surface area contributed by atoms with E-state index < -0.39 is 0 Å². The van der Waals surface area contributed by atoms with Crippen LogP contribution in [0.1, 0.15) is 44.6 Å². The molecule has 0 saturated carbocycles. The summed E-state index contributed by atoms with van der Waals surface area (Å²) in [5.74, 6) is -0.0993. The lowest BCUT2D eigenvalue weighted by atomic mass is 10.1. The summed E-state index contributed by atoms with van der Waals surface area (Å²) in [5.41, 5.74) is 4.16. The third kappa shape index (κ3) is 3.62. The van der Waals surface area contributed by atoms with Crippen LogP contribution in [-0.2, 0) is 19.5 Å². The van der Waals surface area contributed by atoms with Gasteiger partial charge in [0.05, 0.1) is 0 Å². The van der Waals surface area contributed by atoms with Crippen molar-refractivity contribution < 1.29 is 9.59 Å². The van der Waals surface area contributed by atoms with Crippen LogP contribution in [0.5, 0.6) is 0 Å². The fraction of sp³-hybridized carbons (Fsp3) is 0.421. The number of rotatable bonds is 5. The molecule has 0 saturated heterocycles. The van der Waals surface area contributed by atoms with Crippen LogP contribution in [0.25, 0.3) is 0 Å². The van der Waals surface area contributed by atoms with Crippen molar-refractivity contribution in [1.29, 1.82) is 0 Å². The van der Waals surface area contributed by atoms with Gasteiger partial charge in [-0.15, -0.1) is 0 Å². The van der Waals surface area contributed by atoms with Crippen molar-refractivity contribution in [3.05, 3.63) is 52.3 Å². The van der Waals surface area contributed by atoms with Gasteiger partial charge in [0.1, 0.15) is 0 Å². The molecule has 7 heteroatoms. The Hall–Kier alpha value is -2.67. The maximum atomic E-state index is 12.9. The topological polar surface area (TPSA) is 81.3 Å². The van der Waals surface area contributed by atoms with E-state index in [1.54, 1.807) is 36.0 Å². The maximum absolute atomic E-state index is 12.9. The van der Waals surface area contributed by atoms with Crippen LogP contribution in [0.15, 0.2) is 24.3 Å². The zero-order valence-electron chi connectivity index (χ0n) is 15.5. The molecule has 0 bridgehead atoms. The zero-order chi connectivity index (χ0) is 18.7. The molecule has 1 aromatic carbocycles. The highest BCUT2D eigenvalue weighted by atomic mass is 16.2. The molecular weight excluding hydrogens is 330 g/mol. The summed E-state index contributed by atoms with van der Waals surface area (Å²) in [6.07, 6.45) is 0.864. The summed E-state index contributed by atoms with van der Waals surface area (Å²) in [7, 11) is 3.46. The van der Waals surface area contributed by atoms with Crippen molar-refractivity contribution in [2.75, 3.05) is 27.2 Å². The monoisotopic (exact) mass is 355 g/mol. The van der Waals surface area contributed by atoms with Gasteiger partial charge in [-0.05, 0) is 24.6 Å². The fourth-order valence-corrected chi connectivity index (χ4v) is 3.11. The second kappa shape index (κ2) is 7.70. The molecule has 0 atom stereocenters. The lowest BCUT2D eigenvalue weighted by molar-refractivity contribution is 0.0744. The van der Waals surface area contributed by atoms with Gasteiger partial charge in [-0.3, -0.25) is 14.7 Å². The van der Waals surface area contributed by atoms with E-state index in [0.717, 1.165) is 29.8 Å². The predicted molar refractivity (Wildman–Crippen MR) is 98.9 cm³/mol. The lowest BCUT2D eigenvalue weighted by Gasteiger charge is -2.21. The van der Waals surface area contributed by atoms with E-state index in [2.05, 4.69) is 15.5 Å². The van der Waals surface area contributed by atoms with E-state index in [0.29, 0.717) is 30.9 Å². The molecule has 0 radical (unpaired) electrons. The predicted octanol–water partition coefficient (Wildman–Crippen LogP) is 1.42. The highest BCUT2D eigenvalue weighted by Crippen LogP contribution is 2.18. The first-order chi connectivity index (χ1) is 12.5. The van der Waals surface area contributed by atoms with Gasteiger partial charge in [-0.25, -0.2) is 0 Å². The van der Waals surface area contributed by atoms with Crippen molar-refractivity contribution >= 4 is 11.8 Å². The van der Waals surface area contributed by atoms with Gasteiger partial charge >= 0.3 is 0 Å². The average molecular weight is 355 g/mol. The first-order valence-corrected chi connectivity index (χ1v) is 8.88. The van der Waals surface area contributed by atoms with E-state index in [1.807, 2.05) is 19.1 Å². The Bertz CT molecular complexity index is 795. The normalized spacial score (nSPS) is 13.2. The van der Waals surface area contributed by atoms with Crippen LogP contribution in [0, 0.1) is 0 Å². The highest BCUT2D eigenvalue weighted by Gasteiger charge is 2.25. The van der Waals surface area contributed by atoms with Gasteiger partial charge in [0.2, 0.25) is 0 Å². The number of carbonyl (C=O) groups is 2. The molecule has 1 aromatic heterocycles. The van der Waals surface area contributed by atoms with E-state index in [-0.39, 0.29) is 11.8 Å². The molecule has 1 aliphatic rings. The van der Waals surface area contributed by atoms with Gasteiger partial charge in [-0.2, -0.15) is 5.10 Å². The SMILES string of the molecule is CCN(Cc1ccc(C(=O)N(C)C)cc1)C(=O)c1n[nH]c2c1CNCC2. The quantitative estimate of drug-likeness (QED) is 0.850. The van der Waals surface area contributed by atoms with Gasteiger partial charge in [0, 0.05) is 63.5 Å². The molecule has 2 amide bonds. The Morgan fingerprint density at radius 2 is 1.88 bits per heavy atom. The van der Waals surface area contributed by atoms with Crippen LogP contribution < -0.4 is 5.32 Å². The largest absolute Gasteiger partial charge is 0.345 e. The molecule has 138 valence electrons. The molecule has 2 aromatic rings. The maximum Gasteiger partial charge on any atom is 0.274 e. The summed E-state index contributed by atoms with van der Waals surface area (Å²) >= 11 is 0. The third-order valence-electron chi connectivity index (χ3n) is 4.66. The highest BCUT2D eigenvalue weighted by molar-refractivity contribution is 5.94. The molecule has 0 spiro atoms. The second-order valence-corrected chi connectivity index (χ2v) is 6.67. The van der Waals surface area contributed by atoms with E-state index in [4.69, 9.17) is 0 Å². The summed E-state index contributed by atoms with van der Waals surface area (Å²) in [4.78, 5) is 28.2. The Kier molecular flexibility index (Phi) is 5.37. The van der Waals surface area contributed by atoms with Crippen molar-refractivity contribution in [2.45, 2.75) is 26.4 Å². The number of carbonyl (C=O) groups excluding carboxylic acids is 2. The Morgan fingerprint density at radius 1 is 1.15 bits per heavy atom. The van der Waals surface area contributed by atoms with Crippen LogP contribution in [0.3, 0.4) is 0 Å². The Labute approximate surface area is 153 Å². The number of nitrogens with one attached hydrogen (secondary N) is 2. The number of aromatic nitrogens is 2. The van der Waals surface area contributed by atoms with E-state index in [9.17, 15) is 9.59 Å². The summed E-state index contributed by atoms with van der Waals surface area (Å²) in [6.45, 7) is 4.61. The van der Waals surface area contributed by atoms with Crippen LogP contribution in [-0.4, -0.2) is 59.0 Å². The van der Waals surface area contributed by atoms with Crippen LogP contribution in [0.2, 0.25) is 0 Å². The summed E-state index contributed by atoms with van der Waals surface area (Å²) in [6, 6.07) is 7.40. The average Bonchev–Trinajstić information content (AvgIpc) is 3.09. The number of fused-ring (bicyclic) bond motifs is 1. The molecule has 2 heterocycles. The number of nitrogens with zero attached hydrogens (tertiary/aromatic N) is 3. The number of amides is 2. The second-order valence-electron chi connectivity index (χ2n) is 6.67. The van der Waals surface area contributed by atoms with Crippen LogP contribution in [0.4, 0.5) is 0 Å². The molecule has 2 N–H and O–H groups in total. The first kappa shape index (κ1) is 18.1. The van der Waals surface area contributed by atoms with Gasteiger partial charge in [-0.1, -0.05) is 12.1 Å². The minimum atomic E-state index is -0.0675.